The summed E-state index contributed by atoms with van der Waals surface area (Å²) in [5.74, 6) is -0.932. The molecule has 6 heteroatoms. The van der Waals surface area contributed by atoms with Crippen LogP contribution in [0.5, 0.6) is 0 Å². The Morgan fingerprint density at radius 2 is 2.28 bits per heavy atom. The molecule has 18 heavy (non-hydrogen) atoms. The second-order valence-corrected chi connectivity index (χ2v) is 4.14. The van der Waals surface area contributed by atoms with E-state index in [0.29, 0.717) is 31.7 Å². The summed E-state index contributed by atoms with van der Waals surface area (Å²) in [5, 5.41) is 21.3. The van der Waals surface area contributed by atoms with Crippen molar-refractivity contribution in [2.75, 3.05) is 18.5 Å². The zero-order chi connectivity index (χ0) is 13.0. The van der Waals surface area contributed by atoms with E-state index in [0.717, 1.165) is 0 Å². The molecule has 2 N–H and O–H groups in total. The average molecular weight is 247 g/mol. The van der Waals surface area contributed by atoms with Crippen LogP contribution in [0.1, 0.15) is 18.5 Å². The number of nitrogens with zero attached hydrogens (tertiary/aromatic N) is 2. The Bertz CT molecular complexity index is 490. The van der Waals surface area contributed by atoms with Crippen molar-refractivity contribution < 1.29 is 14.6 Å². The molecule has 0 spiro atoms. The number of pyridine rings is 1. The Morgan fingerprint density at radius 3 is 2.89 bits per heavy atom. The predicted octanol–water partition coefficient (Wildman–Crippen LogP) is 0.999. The van der Waals surface area contributed by atoms with Gasteiger partial charge in [0.05, 0.1) is 5.69 Å². The van der Waals surface area contributed by atoms with Gasteiger partial charge < -0.3 is 15.2 Å². The SMILES string of the molecule is N#Cc1ncccc1NC1(C(=O)O)CCOCC1. The van der Waals surface area contributed by atoms with Crippen molar-refractivity contribution in [3.63, 3.8) is 0 Å². The highest BCUT2D eigenvalue weighted by molar-refractivity contribution is 5.83. The van der Waals surface area contributed by atoms with Gasteiger partial charge in [-0.05, 0) is 12.1 Å². The molecule has 6 nitrogen and oxygen atoms in total. The first-order valence-corrected chi connectivity index (χ1v) is 5.62. The van der Waals surface area contributed by atoms with Gasteiger partial charge in [0, 0.05) is 32.3 Å². The van der Waals surface area contributed by atoms with E-state index in [1.807, 2.05) is 6.07 Å². The van der Waals surface area contributed by atoms with E-state index in [1.54, 1.807) is 12.1 Å². The van der Waals surface area contributed by atoms with Gasteiger partial charge >= 0.3 is 5.97 Å². The minimum Gasteiger partial charge on any atom is -0.480 e. The maximum Gasteiger partial charge on any atom is 0.329 e. The summed E-state index contributed by atoms with van der Waals surface area (Å²) >= 11 is 0. The van der Waals surface area contributed by atoms with Crippen LogP contribution in [0, 0.1) is 11.3 Å². The number of carboxylic acids is 1. The van der Waals surface area contributed by atoms with Crippen LogP contribution in [-0.4, -0.2) is 34.8 Å². The van der Waals surface area contributed by atoms with E-state index < -0.39 is 11.5 Å². The maximum absolute atomic E-state index is 11.5. The highest BCUT2D eigenvalue weighted by atomic mass is 16.5. The third-order valence-electron chi connectivity index (χ3n) is 3.04. The standard InChI is InChI=1S/C12H13N3O3/c13-8-10-9(2-1-5-14-10)15-12(11(16)17)3-6-18-7-4-12/h1-2,5,15H,3-4,6-7H2,(H,16,17). The van der Waals surface area contributed by atoms with Gasteiger partial charge in [0.1, 0.15) is 11.6 Å². The van der Waals surface area contributed by atoms with Gasteiger partial charge in [0.15, 0.2) is 5.69 Å². The van der Waals surface area contributed by atoms with Crippen molar-refractivity contribution in [2.45, 2.75) is 18.4 Å². The van der Waals surface area contributed by atoms with Crippen LogP contribution >= 0.6 is 0 Å². The molecule has 1 aromatic heterocycles. The number of rotatable bonds is 3. The molecule has 2 heterocycles. The van der Waals surface area contributed by atoms with Crippen LogP contribution in [0.15, 0.2) is 18.3 Å². The van der Waals surface area contributed by atoms with Gasteiger partial charge in [0.2, 0.25) is 0 Å². The summed E-state index contributed by atoms with van der Waals surface area (Å²) in [4.78, 5) is 15.4. The lowest BCUT2D eigenvalue weighted by Gasteiger charge is -2.34. The van der Waals surface area contributed by atoms with Gasteiger partial charge in [-0.25, -0.2) is 9.78 Å². The largest absolute Gasteiger partial charge is 0.480 e. The lowest BCUT2D eigenvalue weighted by molar-refractivity contribution is -0.145. The lowest BCUT2D eigenvalue weighted by atomic mass is 9.89. The monoisotopic (exact) mass is 247 g/mol. The number of carboxylic acid groups (broad SMARTS) is 1. The van der Waals surface area contributed by atoms with E-state index in [4.69, 9.17) is 10.00 Å². The molecule has 1 aliphatic rings. The van der Waals surface area contributed by atoms with Crippen molar-refractivity contribution in [3.8, 4) is 6.07 Å². The van der Waals surface area contributed by atoms with Gasteiger partial charge in [-0.1, -0.05) is 0 Å². The molecule has 1 fully saturated rings. The summed E-state index contributed by atoms with van der Waals surface area (Å²) in [5.41, 5.74) is -0.429. The summed E-state index contributed by atoms with van der Waals surface area (Å²) in [6, 6.07) is 5.27. The minimum atomic E-state index is -1.08. The zero-order valence-corrected chi connectivity index (χ0v) is 9.72. The Morgan fingerprint density at radius 1 is 1.56 bits per heavy atom. The zero-order valence-electron chi connectivity index (χ0n) is 9.72. The first kappa shape index (κ1) is 12.3. The van der Waals surface area contributed by atoms with Crippen molar-refractivity contribution in [1.29, 1.82) is 5.26 Å². The quantitative estimate of drug-likeness (QED) is 0.827. The van der Waals surface area contributed by atoms with Crippen molar-refractivity contribution >= 4 is 11.7 Å². The first-order valence-electron chi connectivity index (χ1n) is 5.62. The van der Waals surface area contributed by atoms with E-state index in [9.17, 15) is 9.90 Å². The Labute approximate surface area is 104 Å². The topological polar surface area (TPSA) is 95.2 Å². The van der Waals surface area contributed by atoms with E-state index in [1.165, 1.54) is 6.20 Å². The molecular formula is C12H13N3O3. The fourth-order valence-corrected chi connectivity index (χ4v) is 1.97. The predicted molar refractivity (Wildman–Crippen MR) is 63.0 cm³/mol. The van der Waals surface area contributed by atoms with E-state index in [2.05, 4.69) is 10.3 Å². The summed E-state index contributed by atoms with van der Waals surface area (Å²) < 4.78 is 5.19. The van der Waals surface area contributed by atoms with Gasteiger partial charge in [0.25, 0.3) is 0 Å². The minimum absolute atomic E-state index is 0.199. The second kappa shape index (κ2) is 5.02. The number of nitrogens with one attached hydrogen (secondary N) is 1. The Hall–Kier alpha value is -2.13. The first-order chi connectivity index (χ1) is 8.68. The van der Waals surface area contributed by atoms with Crippen LogP contribution < -0.4 is 5.32 Å². The molecule has 1 aliphatic heterocycles. The van der Waals surface area contributed by atoms with Crippen LogP contribution in [0.25, 0.3) is 0 Å². The van der Waals surface area contributed by atoms with Gasteiger partial charge in [-0.15, -0.1) is 0 Å². The van der Waals surface area contributed by atoms with E-state index >= 15 is 0 Å². The number of nitriles is 1. The number of ether oxygens (including phenoxy) is 1. The molecule has 0 aliphatic carbocycles. The van der Waals surface area contributed by atoms with Crippen molar-refractivity contribution in [1.82, 2.24) is 4.98 Å². The van der Waals surface area contributed by atoms with Crippen LogP contribution in [0.2, 0.25) is 0 Å². The molecule has 2 rings (SSSR count). The van der Waals surface area contributed by atoms with Crippen LogP contribution in [-0.2, 0) is 9.53 Å². The smallest absolute Gasteiger partial charge is 0.329 e. The highest BCUT2D eigenvalue weighted by Crippen LogP contribution is 2.27. The average Bonchev–Trinajstić information content (AvgIpc) is 2.40. The second-order valence-electron chi connectivity index (χ2n) is 4.14. The lowest BCUT2D eigenvalue weighted by Crippen LogP contribution is -2.50. The summed E-state index contributed by atoms with van der Waals surface area (Å²) in [6.45, 7) is 0.781. The number of carbonyl (C=O) groups is 1. The van der Waals surface area contributed by atoms with Gasteiger partial charge in [-0.3, -0.25) is 0 Å². The number of anilines is 1. The summed E-state index contributed by atoms with van der Waals surface area (Å²) in [7, 11) is 0. The van der Waals surface area contributed by atoms with E-state index in [-0.39, 0.29) is 5.69 Å². The molecule has 0 atom stereocenters. The number of hydrogen-bond acceptors (Lipinski definition) is 5. The fourth-order valence-electron chi connectivity index (χ4n) is 1.97. The third kappa shape index (κ3) is 2.26. The molecule has 0 radical (unpaired) electrons. The number of hydrogen-bond donors (Lipinski definition) is 2. The highest BCUT2D eigenvalue weighted by Gasteiger charge is 2.40. The third-order valence-corrected chi connectivity index (χ3v) is 3.04. The molecule has 1 aromatic rings. The Kier molecular flexibility index (Phi) is 3.44. The maximum atomic E-state index is 11.5. The van der Waals surface area contributed by atoms with Crippen molar-refractivity contribution in [3.05, 3.63) is 24.0 Å². The van der Waals surface area contributed by atoms with Crippen molar-refractivity contribution in [2.24, 2.45) is 0 Å². The molecule has 0 amide bonds. The molecular weight excluding hydrogens is 234 g/mol. The molecule has 0 bridgehead atoms. The molecule has 1 saturated heterocycles. The molecule has 0 aromatic carbocycles. The fraction of sp³-hybridized carbons (Fsp3) is 0.417. The Balaban J connectivity index is 2.29. The summed E-state index contributed by atoms with van der Waals surface area (Å²) in [6.07, 6.45) is 2.23. The van der Waals surface area contributed by atoms with Gasteiger partial charge in [-0.2, -0.15) is 5.26 Å². The normalized spacial score (nSPS) is 17.7. The molecule has 0 unspecified atom stereocenters. The molecule has 0 saturated carbocycles. The number of aliphatic carboxylic acids is 1. The molecule has 94 valence electrons. The number of aromatic nitrogens is 1. The van der Waals surface area contributed by atoms with Crippen LogP contribution in [0.3, 0.4) is 0 Å². The van der Waals surface area contributed by atoms with Crippen LogP contribution in [0.4, 0.5) is 5.69 Å².